The summed E-state index contributed by atoms with van der Waals surface area (Å²) in [6.07, 6.45) is 1.65. The molecule has 0 radical (unpaired) electrons. The normalized spacial score (nSPS) is 10.7. The molecule has 0 amide bonds. The van der Waals surface area contributed by atoms with Crippen LogP contribution in [0.3, 0.4) is 0 Å². The quantitative estimate of drug-likeness (QED) is 0.318. The summed E-state index contributed by atoms with van der Waals surface area (Å²) in [7, 11) is 1.85. The van der Waals surface area contributed by atoms with Crippen molar-refractivity contribution in [2.45, 2.75) is 0 Å². The zero-order chi connectivity index (χ0) is 16.6. The number of aromatic nitrogens is 2. The van der Waals surface area contributed by atoms with Gasteiger partial charge in [0.1, 0.15) is 5.75 Å². The first kappa shape index (κ1) is 15.0. The number of benzene rings is 2. The molecule has 0 saturated heterocycles. The van der Waals surface area contributed by atoms with Crippen LogP contribution in [0.25, 0.3) is 11.0 Å². The summed E-state index contributed by atoms with van der Waals surface area (Å²) in [5.41, 5.74) is 1.25. The molecule has 7 nitrogen and oxygen atoms in total. The number of nitrogens with zero attached hydrogens (tertiary/aromatic N) is 3. The Balaban J connectivity index is 1.91. The van der Waals surface area contributed by atoms with E-state index in [-0.39, 0.29) is 22.0 Å². The van der Waals surface area contributed by atoms with Crippen LogP contribution in [-0.4, -0.2) is 20.4 Å². The van der Waals surface area contributed by atoms with Crippen LogP contribution in [0.1, 0.15) is 10.4 Å². The Labute approximate surface area is 135 Å². The molecule has 0 atom stereocenters. The topological polar surface area (TPSA) is 87.3 Å². The number of hydrogen-bond donors (Lipinski definition) is 0. The van der Waals surface area contributed by atoms with Crippen LogP contribution >= 0.6 is 11.6 Å². The third-order valence-electron chi connectivity index (χ3n) is 3.29. The van der Waals surface area contributed by atoms with E-state index in [9.17, 15) is 14.9 Å². The second-order valence-corrected chi connectivity index (χ2v) is 5.22. The number of hydrogen-bond acceptors (Lipinski definition) is 5. The highest BCUT2D eigenvalue weighted by Gasteiger charge is 2.18. The molecule has 0 unspecified atom stereocenters. The Bertz CT molecular complexity index is 936. The van der Waals surface area contributed by atoms with Gasteiger partial charge in [-0.2, -0.15) is 0 Å². The number of imidazole rings is 1. The first-order chi connectivity index (χ1) is 11.0. The van der Waals surface area contributed by atoms with Crippen LogP contribution in [-0.2, 0) is 7.05 Å². The lowest BCUT2D eigenvalue weighted by molar-refractivity contribution is -0.384. The summed E-state index contributed by atoms with van der Waals surface area (Å²) < 4.78 is 7.07. The number of nitro benzene ring substituents is 1. The molecule has 0 bridgehead atoms. The Hall–Kier alpha value is -2.93. The number of nitro groups is 1. The van der Waals surface area contributed by atoms with Crippen LogP contribution in [0.5, 0.6) is 5.75 Å². The van der Waals surface area contributed by atoms with E-state index >= 15 is 0 Å². The molecule has 3 rings (SSSR count). The van der Waals surface area contributed by atoms with Crippen LogP contribution in [0, 0.1) is 10.1 Å². The summed E-state index contributed by atoms with van der Waals surface area (Å²) in [4.78, 5) is 26.6. The number of rotatable bonds is 3. The zero-order valence-electron chi connectivity index (χ0n) is 11.9. The van der Waals surface area contributed by atoms with Crippen molar-refractivity contribution in [2.24, 2.45) is 7.05 Å². The summed E-state index contributed by atoms with van der Waals surface area (Å²) in [5.74, 6) is -0.488. The maximum absolute atomic E-state index is 12.2. The second kappa shape index (κ2) is 5.69. The highest BCUT2D eigenvalue weighted by molar-refractivity contribution is 6.33. The van der Waals surface area contributed by atoms with E-state index in [0.717, 1.165) is 11.6 Å². The van der Waals surface area contributed by atoms with Gasteiger partial charge in [-0.3, -0.25) is 10.1 Å². The third kappa shape index (κ3) is 2.86. The standard InChI is InChI=1S/C15H10ClN3O4/c1-18-8-17-13-7-10(3-5-14(13)18)23-15(20)11-6-9(19(21)22)2-4-12(11)16/h2-8H,1H3. The van der Waals surface area contributed by atoms with Crippen molar-refractivity contribution in [3.8, 4) is 5.75 Å². The van der Waals surface area contributed by atoms with Crippen LogP contribution < -0.4 is 4.74 Å². The van der Waals surface area contributed by atoms with E-state index in [2.05, 4.69) is 4.98 Å². The lowest BCUT2D eigenvalue weighted by Crippen LogP contribution is -2.09. The monoisotopic (exact) mass is 331 g/mol. The van der Waals surface area contributed by atoms with E-state index in [1.165, 1.54) is 12.1 Å². The molecule has 3 aromatic rings. The van der Waals surface area contributed by atoms with Crippen molar-refractivity contribution in [1.29, 1.82) is 0 Å². The number of carbonyl (C=O) groups is 1. The largest absolute Gasteiger partial charge is 0.423 e. The molecule has 0 N–H and O–H groups in total. The number of halogens is 1. The van der Waals surface area contributed by atoms with Crippen molar-refractivity contribution >= 4 is 34.3 Å². The predicted octanol–water partition coefficient (Wildman–Crippen LogP) is 3.35. The number of esters is 1. The minimum absolute atomic E-state index is 0.0676. The smallest absolute Gasteiger partial charge is 0.345 e. The third-order valence-corrected chi connectivity index (χ3v) is 3.62. The summed E-state index contributed by atoms with van der Waals surface area (Å²) >= 11 is 5.92. The first-order valence-corrected chi connectivity index (χ1v) is 6.90. The van der Waals surface area contributed by atoms with E-state index in [1.807, 2.05) is 11.6 Å². The molecule has 0 aliphatic rings. The molecule has 0 aliphatic heterocycles. The van der Waals surface area contributed by atoms with Crippen molar-refractivity contribution in [2.75, 3.05) is 0 Å². The molecule has 0 aliphatic carbocycles. The Kier molecular flexibility index (Phi) is 3.71. The van der Waals surface area contributed by atoms with Gasteiger partial charge in [0.15, 0.2) is 0 Å². The van der Waals surface area contributed by atoms with Crippen molar-refractivity contribution < 1.29 is 14.5 Å². The number of fused-ring (bicyclic) bond motifs is 1. The van der Waals surface area contributed by atoms with E-state index < -0.39 is 10.9 Å². The van der Waals surface area contributed by atoms with Crippen molar-refractivity contribution in [3.63, 3.8) is 0 Å². The van der Waals surface area contributed by atoms with E-state index in [1.54, 1.807) is 24.5 Å². The molecule has 0 saturated carbocycles. The molecule has 1 heterocycles. The molecule has 0 fully saturated rings. The second-order valence-electron chi connectivity index (χ2n) is 4.82. The molecule has 1 aromatic heterocycles. The summed E-state index contributed by atoms with van der Waals surface area (Å²) in [6.45, 7) is 0. The van der Waals surface area contributed by atoms with Gasteiger partial charge in [0.05, 0.1) is 32.9 Å². The highest BCUT2D eigenvalue weighted by Crippen LogP contribution is 2.25. The highest BCUT2D eigenvalue weighted by atomic mass is 35.5. The maximum Gasteiger partial charge on any atom is 0.345 e. The van der Waals surface area contributed by atoms with Crippen molar-refractivity contribution in [3.05, 3.63) is 63.4 Å². The van der Waals surface area contributed by atoms with Gasteiger partial charge in [-0.05, 0) is 18.2 Å². The minimum atomic E-state index is -0.769. The van der Waals surface area contributed by atoms with Crippen LogP contribution in [0.4, 0.5) is 5.69 Å². The van der Waals surface area contributed by atoms with Gasteiger partial charge in [0.2, 0.25) is 0 Å². The van der Waals surface area contributed by atoms with Gasteiger partial charge in [-0.15, -0.1) is 0 Å². The van der Waals surface area contributed by atoms with Crippen LogP contribution in [0.2, 0.25) is 5.02 Å². The van der Waals surface area contributed by atoms with Crippen molar-refractivity contribution in [1.82, 2.24) is 9.55 Å². The molecule has 116 valence electrons. The predicted molar refractivity (Wildman–Crippen MR) is 83.8 cm³/mol. The van der Waals surface area contributed by atoms with Gasteiger partial charge in [0, 0.05) is 25.2 Å². The Morgan fingerprint density at radius 3 is 2.83 bits per heavy atom. The van der Waals surface area contributed by atoms with Gasteiger partial charge in [0.25, 0.3) is 5.69 Å². The SMILES string of the molecule is Cn1cnc2cc(OC(=O)c3cc([N+](=O)[O-])ccc3Cl)ccc21. The van der Waals surface area contributed by atoms with Crippen LogP contribution in [0.15, 0.2) is 42.7 Å². The summed E-state index contributed by atoms with van der Waals surface area (Å²) in [5, 5.41) is 10.9. The molecular weight excluding hydrogens is 322 g/mol. The lowest BCUT2D eigenvalue weighted by atomic mass is 10.2. The lowest BCUT2D eigenvalue weighted by Gasteiger charge is -2.06. The number of ether oxygens (including phenoxy) is 1. The fourth-order valence-corrected chi connectivity index (χ4v) is 2.32. The van der Waals surface area contributed by atoms with Gasteiger partial charge in [-0.1, -0.05) is 11.6 Å². The number of aryl methyl sites for hydroxylation is 1. The van der Waals surface area contributed by atoms with Gasteiger partial charge >= 0.3 is 5.97 Å². The fraction of sp³-hybridized carbons (Fsp3) is 0.0667. The average Bonchev–Trinajstić information content (AvgIpc) is 2.88. The minimum Gasteiger partial charge on any atom is -0.423 e. The molecular formula is C15H10ClN3O4. The maximum atomic E-state index is 12.2. The molecule has 8 heteroatoms. The van der Waals surface area contributed by atoms with E-state index in [0.29, 0.717) is 5.52 Å². The molecule has 23 heavy (non-hydrogen) atoms. The zero-order valence-corrected chi connectivity index (χ0v) is 12.6. The number of non-ortho nitro benzene ring substituents is 1. The molecule has 2 aromatic carbocycles. The molecule has 0 spiro atoms. The fourth-order valence-electron chi connectivity index (χ4n) is 2.12. The summed E-state index contributed by atoms with van der Waals surface area (Å²) in [6, 6.07) is 8.59. The van der Waals surface area contributed by atoms with E-state index in [4.69, 9.17) is 16.3 Å². The number of carbonyl (C=O) groups excluding carboxylic acids is 1. The average molecular weight is 332 g/mol. The Morgan fingerprint density at radius 1 is 1.30 bits per heavy atom. The Morgan fingerprint density at radius 2 is 2.09 bits per heavy atom. The van der Waals surface area contributed by atoms with Gasteiger partial charge < -0.3 is 9.30 Å². The first-order valence-electron chi connectivity index (χ1n) is 6.53. The van der Waals surface area contributed by atoms with Gasteiger partial charge in [-0.25, -0.2) is 9.78 Å².